The highest BCUT2D eigenvalue weighted by Gasteiger charge is 2.29. The number of nitrogens with one attached hydrogen (secondary N) is 1. The molecule has 2 aromatic rings. The topological polar surface area (TPSA) is 67.9 Å². The van der Waals surface area contributed by atoms with Gasteiger partial charge in [-0.25, -0.2) is 0 Å². The molecule has 0 saturated heterocycles. The summed E-state index contributed by atoms with van der Waals surface area (Å²) in [6.45, 7) is 5.61. The molecule has 0 saturated carbocycles. The Balaban J connectivity index is 2.21. The first kappa shape index (κ1) is 24.8. The van der Waals surface area contributed by atoms with Gasteiger partial charge >= 0.3 is 0 Å². The van der Waals surface area contributed by atoms with Crippen LogP contribution in [-0.2, 0) is 16.1 Å². The van der Waals surface area contributed by atoms with Gasteiger partial charge in [-0.15, -0.1) is 0 Å². The molecule has 2 amide bonds. The highest BCUT2D eigenvalue weighted by Crippen LogP contribution is 2.24. The minimum absolute atomic E-state index is 0.0426. The van der Waals surface area contributed by atoms with E-state index in [9.17, 15) is 9.59 Å². The van der Waals surface area contributed by atoms with Crippen molar-refractivity contribution >= 4 is 35.0 Å². The van der Waals surface area contributed by atoms with Crippen molar-refractivity contribution in [3.63, 3.8) is 0 Å². The number of carbonyl (C=O) groups is 2. The summed E-state index contributed by atoms with van der Waals surface area (Å²) in [6, 6.07) is 11.4. The number of carbonyl (C=O) groups excluding carboxylic acids is 2. The standard InChI is InChI=1S/C23H28Cl2N2O4/c1-5-21(23(29)26-15(2)3)27(13-16-6-11-19(24)20(25)12-16)22(28)14-31-18-9-7-17(30-4)8-10-18/h6-12,15,21H,5,13-14H2,1-4H3,(H,26,29). The van der Waals surface area contributed by atoms with E-state index < -0.39 is 6.04 Å². The number of methoxy groups -OCH3 is 1. The highest BCUT2D eigenvalue weighted by atomic mass is 35.5. The van der Waals surface area contributed by atoms with Gasteiger partial charge in [-0.05, 0) is 62.2 Å². The van der Waals surface area contributed by atoms with E-state index in [1.807, 2.05) is 20.8 Å². The van der Waals surface area contributed by atoms with Gasteiger partial charge in [-0.3, -0.25) is 9.59 Å². The van der Waals surface area contributed by atoms with Crippen molar-refractivity contribution in [1.29, 1.82) is 0 Å². The molecule has 0 spiro atoms. The lowest BCUT2D eigenvalue weighted by atomic mass is 10.1. The first-order valence-corrected chi connectivity index (χ1v) is 10.8. The van der Waals surface area contributed by atoms with E-state index in [1.165, 1.54) is 4.90 Å². The van der Waals surface area contributed by atoms with Crippen molar-refractivity contribution in [2.24, 2.45) is 0 Å². The van der Waals surface area contributed by atoms with Crippen LogP contribution in [0.4, 0.5) is 0 Å². The van der Waals surface area contributed by atoms with E-state index in [0.717, 1.165) is 5.56 Å². The zero-order chi connectivity index (χ0) is 23.0. The van der Waals surface area contributed by atoms with Crippen LogP contribution in [0.1, 0.15) is 32.8 Å². The third-order valence-corrected chi connectivity index (χ3v) is 5.31. The maximum Gasteiger partial charge on any atom is 0.261 e. The number of hydrogen-bond donors (Lipinski definition) is 1. The quantitative estimate of drug-likeness (QED) is 0.550. The molecule has 0 aliphatic rings. The van der Waals surface area contributed by atoms with Crippen LogP contribution in [0, 0.1) is 0 Å². The van der Waals surface area contributed by atoms with Crippen LogP contribution in [0.5, 0.6) is 11.5 Å². The molecular weight excluding hydrogens is 439 g/mol. The molecule has 6 nitrogen and oxygen atoms in total. The van der Waals surface area contributed by atoms with E-state index in [1.54, 1.807) is 49.6 Å². The number of benzene rings is 2. The smallest absolute Gasteiger partial charge is 0.261 e. The predicted molar refractivity (Wildman–Crippen MR) is 123 cm³/mol. The average molecular weight is 467 g/mol. The molecular formula is C23H28Cl2N2O4. The molecule has 2 aromatic carbocycles. The number of amides is 2. The lowest BCUT2D eigenvalue weighted by molar-refractivity contribution is -0.143. The van der Waals surface area contributed by atoms with E-state index in [-0.39, 0.29) is 31.0 Å². The van der Waals surface area contributed by atoms with Crippen molar-refractivity contribution in [2.75, 3.05) is 13.7 Å². The van der Waals surface area contributed by atoms with Crippen LogP contribution < -0.4 is 14.8 Å². The third kappa shape index (κ3) is 7.33. The van der Waals surface area contributed by atoms with Gasteiger partial charge < -0.3 is 19.7 Å². The fraction of sp³-hybridized carbons (Fsp3) is 0.391. The van der Waals surface area contributed by atoms with Crippen molar-refractivity contribution in [2.45, 2.75) is 45.8 Å². The van der Waals surface area contributed by atoms with E-state index >= 15 is 0 Å². The van der Waals surface area contributed by atoms with Crippen LogP contribution in [0.2, 0.25) is 10.0 Å². The lowest BCUT2D eigenvalue weighted by Crippen LogP contribution is -2.51. The SMILES string of the molecule is CCC(C(=O)NC(C)C)N(Cc1ccc(Cl)c(Cl)c1)C(=O)COc1ccc(OC)cc1. The second-order valence-corrected chi connectivity index (χ2v) is 8.14. The van der Waals surface area contributed by atoms with Gasteiger partial charge in [0.15, 0.2) is 6.61 Å². The second kappa shape index (κ2) is 11.8. The monoisotopic (exact) mass is 466 g/mol. The van der Waals surface area contributed by atoms with Crippen molar-refractivity contribution in [3.05, 3.63) is 58.1 Å². The fourth-order valence-electron chi connectivity index (χ4n) is 3.03. The Morgan fingerprint density at radius 1 is 1.03 bits per heavy atom. The zero-order valence-electron chi connectivity index (χ0n) is 18.2. The van der Waals surface area contributed by atoms with Crippen LogP contribution >= 0.6 is 23.2 Å². The van der Waals surface area contributed by atoms with Crippen LogP contribution in [0.15, 0.2) is 42.5 Å². The molecule has 0 bridgehead atoms. The number of rotatable bonds is 10. The Morgan fingerprint density at radius 3 is 2.23 bits per heavy atom. The summed E-state index contributed by atoms with van der Waals surface area (Å²) in [6.07, 6.45) is 0.453. The van der Waals surface area contributed by atoms with Gasteiger partial charge in [-0.2, -0.15) is 0 Å². The van der Waals surface area contributed by atoms with Gasteiger partial charge in [-0.1, -0.05) is 36.2 Å². The Kier molecular flexibility index (Phi) is 9.46. The molecule has 1 atom stereocenters. The second-order valence-electron chi connectivity index (χ2n) is 7.32. The van der Waals surface area contributed by atoms with Gasteiger partial charge in [0.1, 0.15) is 17.5 Å². The highest BCUT2D eigenvalue weighted by molar-refractivity contribution is 6.42. The molecule has 168 valence electrons. The summed E-state index contributed by atoms with van der Waals surface area (Å²) in [4.78, 5) is 27.4. The fourth-order valence-corrected chi connectivity index (χ4v) is 3.36. The molecule has 2 rings (SSSR count). The number of halogens is 2. The minimum atomic E-state index is -0.649. The molecule has 0 aliphatic carbocycles. The van der Waals surface area contributed by atoms with Crippen molar-refractivity contribution < 1.29 is 19.1 Å². The van der Waals surface area contributed by atoms with Gasteiger partial charge in [0.25, 0.3) is 5.91 Å². The molecule has 1 unspecified atom stereocenters. The number of hydrogen-bond acceptors (Lipinski definition) is 4. The first-order valence-electron chi connectivity index (χ1n) is 10.1. The van der Waals surface area contributed by atoms with E-state index in [0.29, 0.717) is 28.0 Å². The van der Waals surface area contributed by atoms with E-state index in [2.05, 4.69) is 5.32 Å². The maximum atomic E-state index is 13.1. The molecule has 0 fully saturated rings. The summed E-state index contributed by atoms with van der Waals surface area (Å²) in [5, 5.41) is 3.70. The minimum Gasteiger partial charge on any atom is -0.497 e. The largest absolute Gasteiger partial charge is 0.497 e. The Bertz CT molecular complexity index is 888. The molecule has 31 heavy (non-hydrogen) atoms. The molecule has 0 aromatic heterocycles. The number of nitrogens with zero attached hydrogens (tertiary/aromatic N) is 1. The molecule has 8 heteroatoms. The average Bonchev–Trinajstić information content (AvgIpc) is 2.74. The third-order valence-electron chi connectivity index (χ3n) is 4.58. The molecule has 0 heterocycles. The summed E-state index contributed by atoms with van der Waals surface area (Å²) < 4.78 is 10.8. The lowest BCUT2D eigenvalue weighted by Gasteiger charge is -2.31. The van der Waals surface area contributed by atoms with Crippen molar-refractivity contribution in [1.82, 2.24) is 10.2 Å². The summed E-state index contributed by atoms with van der Waals surface area (Å²) in [5.74, 6) is 0.697. The number of ether oxygens (including phenoxy) is 2. The summed E-state index contributed by atoms with van der Waals surface area (Å²) >= 11 is 12.1. The normalized spacial score (nSPS) is 11.7. The van der Waals surface area contributed by atoms with Crippen molar-refractivity contribution in [3.8, 4) is 11.5 Å². The Hall–Kier alpha value is -2.44. The Labute approximate surface area is 193 Å². The molecule has 0 aliphatic heterocycles. The first-order chi connectivity index (χ1) is 14.7. The van der Waals surface area contributed by atoms with Gasteiger partial charge in [0, 0.05) is 12.6 Å². The predicted octanol–water partition coefficient (Wildman–Crippen LogP) is 4.71. The van der Waals surface area contributed by atoms with Gasteiger partial charge in [0.2, 0.25) is 5.91 Å². The van der Waals surface area contributed by atoms with E-state index in [4.69, 9.17) is 32.7 Å². The van der Waals surface area contributed by atoms with Crippen LogP contribution in [-0.4, -0.2) is 42.5 Å². The summed E-state index contributed by atoms with van der Waals surface area (Å²) in [5.41, 5.74) is 0.767. The van der Waals surface area contributed by atoms with Crippen LogP contribution in [0.25, 0.3) is 0 Å². The van der Waals surface area contributed by atoms with Gasteiger partial charge in [0.05, 0.1) is 17.2 Å². The zero-order valence-corrected chi connectivity index (χ0v) is 19.7. The molecule has 0 radical (unpaired) electrons. The van der Waals surface area contributed by atoms with Crippen LogP contribution in [0.3, 0.4) is 0 Å². The summed E-state index contributed by atoms with van der Waals surface area (Å²) in [7, 11) is 1.58. The maximum absolute atomic E-state index is 13.1. The molecule has 1 N–H and O–H groups in total. The Morgan fingerprint density at radius 2 is 1.68 bits per heavy atom.